The number of hydrazine groups is 1. The Morgan fingerprint density at radius 3 is 2.09 bits per heavy atom. The number of anilines is 1. The van der Waals surface area contributed by atoms with Crippen molar-refractivity contribution in [3.63, 3.8) is 0 Å². The van der Waals surface area contributed by atoms with Crippen LogP contribution < -0.4 is 15.9 Å². The van der Waals surface area contributed by atoms with Crippen LogP contribution in [0.3, 0.4) is 0 Å². The lowest BCUT2D eigenvalue weighted by Crippen LogP contribution is -2.38. The van der Waals surface area contributed by atoms with Crippen molar-refractivity contribution in [1.82, 2.24) is 10.5 Å². The molecule has 0 fully saturated rings. The molecule has 0 aliphatic carbocycles. The van der Waals surface area contributed by atoms with E-state index < -0.39 is 7.75 Å². The van der Waals surface area contributed by atoms with Gasteiger partial charge in [-0.15, -0.1) is 0 Å². The monoisotopic (exact) mass is 409 g/mol. The fourth-order valence-electron chi connectivity index (χ4n) is 1.45. The van der Waals surface area contributed by atoms with Crippen molar-refractivity contribution >= 4 is 46.7 Å². The van der Waals surface area contributed by atoms with Crippen molar-refractivity contribution in [3.05, 3.63) is 28.7 Å². The Balaban J connectivity index is 2.59. The molecule has 0 unspecified atom stereocenters. The summed E-state index contributed by atoms with van der Waals surface area (Å²) in [6, 6.07) is 7.48. The van der Waals surface area contributed by atoms with Gasteiger partial charge in [-0.25, -0.2) is 4.57 Å². The van der Waals surface area contributed by atoms with Crippen LogP contribution in [0.1, 0.15) is 27.7 Å². The standard InChI is InChI=1S/C13H21BrN3O3PS/c1-9(2)19-21(18,20-10(3)4)17-13(22)16-15-12-7-5-11(14)6-8-12/h5-10,15H,1-4H3,(H2,16,17,18,22). The quantitative estimate of drug-likeness (QED) is 0.354. The first kappa shape index (κ1) is 19.4. The minimum atomic E-state index is -3.52. The van der Waals surface area contributed by atoms with Crippen molar-refractivity contribution in [2.24, 2.45) is 0 Å². The normalized spacial score (nSPS) is 11.6. The van der Waals surface area contributed by atoms with Gasteiger partial charge in [-0.3, -0.25) is 25.0 Å². The Kier molecular flexibility index (Phi) is 7.79. The minimum Gasteiger partial charge on any atom is -0.299 e. The Bertz CT molecular complexity index is 526. The Morgan fingerprint density at radius 2 is 1.64 bits per heavy atom. The molecule has 6 nitrogen and oxygen atoms in total. The first-order chi connectivity index (χ1) is 10.2. The van der Waals surface area contributed by atoms with E-state index in [1.165, 1.54) is 0 Å². The first-order valence-corrected chi connectivity index (χ1v) is 9.51. The van der Waals surface area contributed by atoms with Gasteiger partial charge in [0.1, 0.15) is 0 Å². The lowest BCUT2D eigenvalue weighted by atomic mass is 10.3. The summed E-state index contributed by atoms with van der Waals surface area (Å²) in [4.78, 5) is 0. The van der Waals surface area contributed by atoms with Crippen LogP contribution in [0.2, 0.25) is 0 Å². The Hall–Kier alpha value is -0.660. The molecule has 3 N–H and O–H groups in total. The van der Waals surface area contributed by atoms with Crippen molar-refractivity contribution < 1.29 is 13.6 Å². The second kappa shape index (κ2) is 8.84. The topological polar surface area (TPSA) is 71.6 Å². The average Bonchev–Trinajstić information content (AvgIpc) is 2.35. The van der Waals surface area contributed by atoms with E-state index in [1.807, 2.05) is 24.3 Å². The summed E-state index contributed by atoms with van der Waals surface area (Å²) in [6.07, 6.45) is -0.529. The smallest absolute Gasteiger partial charge is 0.299 e. The molecule has 1 rings (SSSR count). The molecule has 0 aromatic heterocycles. The zero-order valence-electron chi connectivity index (χ0n) is 12.9. The molecule has 0 radical (unpaired) electrons. The van der Waals surface area contributed by atoms with Gasteiger partial charge in [0.25, 0.3) is 0 Å². The molecule has 1 aromatic rings. The van der Waals surface area contributed by atoms with E-state index in [0.29, 0.717) is 0 Å². The molecule has 0 saturated heterocycles. The van der Waals surface area contributed by atoms with Crippen molar-refractivity contribution in [1.29, 1.82) is 0 Å². The van der Waals surface area contributed by atoms with E-state index in [-0.39, 0.29) is 17.3 Å². The van der Waals surface area contributed by atoms with Gasteiger partial charge < -0.3 is 0 Å². The van der Waals surface area contributed by atoms with Crippen LogP contribution in [0.5, 0.6) is 0 Å². The molecule has 0 amide bonds. The maximum atomic E-state index is 12.6. The van der Waals surface area contributed by atoms with E-state index in [4.69, 9.17) is 21.3 Å². The molecule has 22 heavy (non-hydrogen) atoms. The fourth-order valence-corrected chi connectivity index (χ4v) is 3.67. The maximum Gasteiger partial charge on any atom is 0.435 e. The zero-order valence-corrected chi connectivity index (χ0v) is 16.2. The number of halogens is 1. The molecular formula is C13H21BrN3O3PS. The summed E-state index contributed by atoms with van der Waals surface area (Å²) >= 11 is 8.46. The molecule has 9 heteroatoms. The van der Waals surface area contributed by atoms with Gasteiger partial charge in [-0.2, -0.15) is 0 Å². The number of hydrogen-bond donors (Lipinski definition) is 3. The average molecular weight is 410 g/mol. The summed E-state index contributed by atoms with van der Waals surface area (Å²) in [7, 11) is -3.52. The third kappa shape index (κ3) is 7.56. The molecule has 0 saturated carbocycles. The van der Waals surface area contributed by atoms with Crippen LogP contribution in [-0.2, 0) is 13.6 Å². The number of rotatable bonds is 7. The molecular weight excluding hydrogens is 389 g/mol. The fraction of sp³-hybridized carbons (Fsp3) is 0.462. The minimum absolute atomic E-state index is 0.118. The zero-order chi connectivity index (χ0) is 16.8. The largest absolute Gasteiger partial charge is 0.435 e. The Labute approximate surface area is 145 Å². The van der Waals surface area contributed by atoms with Crippen molar-refractivity contribution in [3.8, 4) is 0 Å². The van der Waals surface area contributed by atoms with Crippen molar-refractivity contribution in [2.45, 2.75) is 39.9 Å². The van der Waals surface area contributed by atoms with E-state index in [0.717, 1.165) is 10.2 Å². The third-order valence-electron chi connectivity index (χ3n) is 2.10. The highest BCUT2D eigenvalue weighted by Gasteiger charge is 2.29. The number of nitrogens with one attached hydrogen (secondary N) is 3. The summed E-state index contributed by atoms with van der Waals surface area (Å²) in [6.45, 7) is 7.09. The van der Waals surface area contributed by atoms with Gasteiger partial charge in [0.15, 0.2) is 5.11 Å². The molecule has 1 aromatic carbocycles. The van der Waals surface area contributed by atoms with Crippen LogP contribution in [0.25, 0.3) is 0 Å². The second-order valence-electron chi connectivity index (χ2n) is 5.00. The number of benzene rings is 1. The lowest BCUT2D eigenvalue weighted by Gasteiger charge is -2.24. The molecule has 124 valence electrons. The van der Waals surface area contributed by atoms with Gasteiger partial charge in [-0.1, -0.05) is 15.9 Å². The number of thiocarbonyl (C=S) groups is 1. The van der Waals surface area contributed by atoms with Gasteiger partial charge in [0.05, 0.1) is 17.9 Å². The van der Waals surface area contributed by atoms with E-state index >= 15 is 0 Å². The van der Waals surface area contributed by atoms with E-state index in [1.54, 1.807) is 27.7 Å². The van der Waals surface area contributed by atoms with E-state index in [9.17, 15) is 4.57 Å². The predicted octanol–water partition coefficient (Wildman–Crippen LogP) is 4.20. The van der Waals surface area contributed by atoms with Crippen LogP contribution in [-0.4, -0.2) is 17.3 Å². The van der Waals surface area contributed by atoms with Crippen molar-refractivity contribution in [2.75, 3.05) is 5.43 Å². The second-order valence-corrected chi connectivity index (χ2v) is 7.97. The van der Waals surface area contributed by atoms with Crippen LogP contribution in [0.4, 0.5) is 5.69 Å². The van der Waals surface area contributed by atoms with E-state index in [2.05, 4.69) is 31.9 Å². The highest BCUT2D eigenvalue weighted by Crippen LogP contribution is 2.46. The third-order valence-corrected chi connectivity index (χ3v) is 4.88. The summed E-state index contributed by atoms with van der Waals surface area (Å²) in [5.74, 6) is 0. The van der Waals surface area contributed by atoms with Crippen LogP contribution in [0, 0.1) is 0 Å². The summed E-state index contributed by atoms with van der Waals surface area (Å²) < 4.78 is 24.3. The van der Waals surface area contributed by atoms with Gasteiger partial charge in [-0.05, 0) is 64.2 Å². The SMILES string of the molecule is CC(C)OP(=O)(NC(=S)NNc1ccc(Br)cc1)OC(C)C. The molecule has 0 spiro atoms. The van der Waals surface area contributed by atoms with Gasteiger partial charge in [0, 0.05) is 4.47 Å². The highest BCUT2D eigenvalue weighted by atomic mass is 79.9. The highest BCUT2D eigenvalue weighted by molar-refractivity contribution is 9.10. The summed E-state index contributed by atoms with van der Waals surface area (Å²) in [5, 5.41) is 2.72. The van der Waals surface area contributed by atoms with Crippen LogP contribution in [0.15, 0.2) is 28.7 Å². The maximum absolute atomic E-state index is 12.6. The van der Waals surface area contributed by atoms with Gasteiger partial charge in [0.2, 0.25) is 0 Å². The molecule has 0 aliphatic rings. The molecule has 0 heterocycles. The summed E-state index contributed by atoms with van der Waals surface area (Å²) in [5.41, 5.74) is 6.44. The Morgan fingerprint density at radius 1 is 1.14 bits per heavy atom. The van der Waals surface area contributed by atoms with Gasteiger partial charge >= 0.3 is 7.75 Å². The molecule has 0 atom stereocenters. The lowest BCUT2D eigenvalue weighted by molar-refractivity contribution is 0.139. The predicted molar refractivity (Wildman–Crippen MR) is 96.7 cm³/mol. The van der Waals surface area contributed by atoms with Crippen LogP contribution >= 0.6 is 35.9 Å². The molecule has 0 aliphatic heterocycles. The molecule has 0 bridgehead atoms. The first-order valence-electron chi connectivity index (χ1n) is 6.77. The number of hydrogen-bond acceptors (Lipinski definition) is 5.